The lowest BCUT2D eigenvalue weighted by Gasteiger charge is -2.37. The van der Waals surface area contributed by atoms with E-state index in [4.69, 9.17) is 34.2 Å². The van der Waals surface area contributed by atoms with Crippen molar-refractivity contribution in [2.24, 2.45) is 17.8 Å². The lowest BCUT2D eigenvalue weighted by atomic mass is 9.77. The Morgan fingerprint density at radius 1 is 0.424 bits per heavy atom. The first-order chi connectivity index (χ1) is 66.2. The number of amides is 6. The monoisotopic (exact) mass is 1900 g/mol. The van der Waals surface area contributed by atoms with Gasteiger partial charge in [0.05, 0.1) is 54.2 Å². The van der Waals surface area contributed by atoms with Crippen LogP contribution in [0.3, 0.4) is 0 Å². The van der Waals surface area contributed by atoms with Gasteiger partial charge in [-0.1, -0.05) is 110 Å². The number of hydrazine groups is 1. The zero-order chi connectivity index (χ0) is 101. The van der Waals surface area contributed by atoms with Gasteiger partial charge in [0, 0.05) is 148 Å². The number of fused-ring (bicyclic) bond motifs is 18. The molecule has 0 aliphatic carbocycles. The van der Waals surface area contributed by atoms with Crippen molar-refractivity contribution in [2.45, 2.75) is 175 Å². The lowest BCUT2D eigenvalue weighted by molar-refractivity contribution is -0.150. The number of ketones is 2. The standard InChI is InChI=1S/C41H44N6O14.C31H33N3O5.C22H16N2O4.C9H19NO/c1-20(2)31(19-48)47(39(58)28(13-14-34(50)51)45-37(56)29(42-4)17-35(52)53)46-30(18-36(54)55)38(57)44-23-10-12-27-33(16-23)60-32-15-22(43-21(3)49)9-11-26(32)41(27)25-8-6-5-7-24(25)40(59)61-41;1-5-14-32-29(18(2)3)26(36)17-33-20-10-12-24-27(15-20)38-28-16-21(34-19(4)35)11-13-25(28)31(24)23-9-7-6-8-22(23)30(37)39-31;1-12(25)24-14-7-9-18-20(11-14)27-19-10-13(23)6-8-17(19)22(18)16-5-3-2-4-15(16)21(26)28-22;1-5-6-10-9(7(2)3)8(4)11/h5-12,15-16,19-20,28-31,42,46H,13-14,17-18H2,1-4H3,(H,43,49)(H,44,57)(H,45,56)(H,50,51)(H,52,53)(H,54,55);6-13,15-16,18,29,32-33H,5,14,17H2,1-4H3,(H,34,35);2-11H,23H2,1H3,(H,24,25);7,9-10H,5-6H2,1-4H3/t28-,29-,30-,31+,41?;29-,31?;;9-/m00.0/s1. The van der Waals surface area contributed by atoms with Crippen molar-refractivity contribution < 1.29 is 116 Å². The molecule has 6 heterocycles. The van der Waals surface area contributed by atoms with Crippen LogP contribution in [0.4, 0.5) is 34.1 Å². The molecule has 0 saturated heterocycles. The van der Waals surface area contributed by atoms with Crippen molar-refractivity contribution in [3.05, 3.63) is 249 Å². The van der Waals surface area contributed by atoms with Crippen molar-refractivity contribution in [1.29, 1.82) is 0 Å². The molecule has 0 fully saturated rings. The molecule has 6 amide bonds. The Morgan fingerprint density at radius 3 is 1.14 bits per heavy atom. The first-order valence-corrected chi connectivity index (χ1v) is 45.4. The number of aldehydes is 1. The molecule has 36 heteroatoms. The van der Waals surface area contributed by atoms with Crippen LogP contribution < -0.4 is 73.2 Å². The number of carbonyl (C=O) groups is 15. The topological polar surface area (TPSA) is 522 Å². The third-order valence-corrected chi connectivity index (χ3v) is 23.9. The zero-order valence-corrected chi connectivity index (χ0v) is 78.9. The van der Waals surface area contributed by atoms with Crippen LogP contribution in [0.5, 0.6) is 34.5 Å². The molecule has 9 aromatic rings. The van der Waals surface area contributed by atoms with Gasteiger partial charge in [-0.15, -0.1) is 0 Å². The Balaban J connectivity index is 0.000000188. The largest absolute Gasteiger partial charge is 0.481 e. The maximum atomic E-state index is 14.2. The van der Waals surface area contributed by atoms with E-state index < -0.39 is 126 Å². The Kier molecular flexibility index (Phi) is 32.5. The molecule has 0 saturated carbocycles. The van der Waals surface area contributed by atoms with Gasteiger partial charge in [-0.3, -0.25) is 57.7 Å². The van der Waals surface area contributed by atoms with Gasteiger partial charge < -0.3 is 102 Å². The summed E-state index contributed by atoms with van der Waals surface area (Å²) < 4.78 is 37.1. The predicted octanol–water partition coefficient (Wildman–Crippen LogP) is 12.6. The number of carbonyl (C=O) groups excluding carboxylic acids is 12. The quantitative estimate of drug-likeness (QED) is 0.00585. The highest BCUT2D eigenvalue weighted by atomic mass is 16.6. The number of benzene rings is 9. The van der Waals surface area contributed by atoms with E-state index in [0.717, 1.165) is 37.1 Å². The summed E-state index contributed by atoms with van der Waals surface area (Å²) in [5, 5.41) is 54.6. The molecule has 139 heavy (non-hydrogen) atoms. The van der Waals surface area contributed by atoms with Crippen LogP contribution in [0, 0.1) is 17.8 Å². The average Bonchev–Trinajstić information content (AvgIpc) is 1.61. The van der Waals surface area contributed by atoms with Gasteiger partial charge in [0.25, 0.3) is 5.91 Å². The highest BCUT2D eigenvalue weighted by molar-refractivity contribution is 6.02. The van der Waals surface area contributed by atoms with Crippen molar-refractivity contribution in [3.8, 4) is 34.5 Å². The number of esters is 3. The maximum Gasteiger partial charge on any atom is 0.340 e. The van der Waals surface area contributed by atoms with Gasteiger partial charge in [-0.05, 0) is 155 Å². The lowest BCUT2D eigenvalue weighted by Crippen LogP contribution is -2.63. The molecule has 9 aromatic carbocycles. The highest BCUT2D eigenvalue weighted by Crippen LogP contribution is 2.60. The summed E-state index contributed by atoms with van der Waals surface area (Å²) in [5.41, 5.74) is 14.3. The van der Waals surface area contributed by atoms with Crippen molar-refractivity contribution in [1.82, 2.24) is 31.7 Å². The summed E-state index contributed by atoms with van der Waals surface area (Å²) in [6.45, 7) is 23.2. The number of nitrogens with one attached hydrogen (secondary N) is 10. The summed E-state index contributed by atoms with van der Waals surface area (Å²) >= 11 is 0. The van der Waals surface area contributed by atoms with Crippen molar-refractivity contribution in [2.75, 3.05) is 59.0 Å². The van der Waals surface area contributed by atoms with Gasteiger partial charge in [0.2, 0.25) is 29.5 Å². The number of aliphatic carboxylic acids is 3. The third kappa shape index (κ3) is 22.3. The first kappa shape index (κ1) is 102. The van der Waals surface area contributed by atoms with E-state index in [1.54, 1.807) is 112 Å². The second-order valence-corrected chi connectivity index (χ2v) is 35.1. The van der Waals surface area contributed by atoms with Gasteiger partial charge in [-0.2, -0.15) is 0 Å². The fourth-order valence-electron chi connectivity index (χ4n) is 17.6. The molecular formula is C103H112N12O24. The summed E-state index contributed by atoms with van der Waals surface area (Å²) in [6, 6.07) is 45.7. The second-order valence-electron chi connectivity index (χ2n) is 35.1. The summed E-state index contributed by atoms with van der Waals surface area (Å²) in [4.78, 5) is 187. The number of carboxylic acid groups (broad SMARTS) is 3. The number of anilines is 6. The number of nitrogen functional groups attached to an aromatic ring is 1. The smallest absolute Gasteiger partial charge is 0.340 e. The maximum absolute atomic E-state index is 14.2. The molecule has 0 bridgehead atoms. The number of carboxylic acids is 3. The van der Waals surface area contributed by atoms with Crippen molar-refractivity contribution >= 4 is 123 Å². The molecule has 0 aromatic heterocycles. The summed E-state index contributed by atoms with van der Waals surface area (Å²) in [6.07, 6.45) is -0.474. The molecule has 6 aliphatic rings. The van der Waals surface area contributed by atoms with E-state index >= 15 is 0 Å². The minimum atomic E-state index is -1.79. The summed E-state index contributed by atoms with van der Waals surface area (Å²) in [5.74, 6) is -7.00. The SMILES string of the molecule is CC(=O)Nc1ccc2c(c1)Oc1cc(N)ccc1C21OC(=O)c2ccccc21.CCCN[C@H](C(=O)CNc1ccc2c(c1)Oc1cc(NC(C)=O)ccc1C21OC(=O)c2ccccc21)C(C)C.CCCN[C@H](C(C)=O)C(C)C.CN[C@@H](CC(=O)O)C(=O)N[C@@H](CCC(=O)O)C(=O)N(N[C@@H](CC(=O)O)C(=O)Nc1ccc2c(c1)Oc1cc(NC(C)=O)ccc1C21OC(=O)c2ccccc21)[C@H](C=O)C(C)C. The molecule has 15 N–H and O–H groups in total. The number of likely N-dealkylation sites (N-methyl/N-ethyl adjacent to an activating group) is 1. The minimum Gasteiger partial charge on any atom is -0.481 e. The number of rotatable bonds is 34. The predicted molar refractivity (Wildman–Crippen MR) is 513 cm³/mol. The van der Waals surface area contributed by atoms with Crippen LogP contribution in [0.15, 0.2) is 182 Å². The van der Waals surface area contributed by atoms with Gasteiger partial charge >= 0.3 is 35.8 Å². The van der Waals surface area contributed by atoms with E-state index in [9.17, 15) is 87.2 Å². The van der Waals surface area contributed by atoms with Gasteiger partial charge in [0.15, 0.2) is 22.6 Å². The first-order valence-electron chi connectivity index (χ1n) is 45.4. The fourth-order valence-corrected chi connectivity index (χ4v) is 17.6. The minimum absolute atomic E-state index is 0.0481. The molecule has 3 spiro atoms. The van der Waals surface area contributed by atoms with Gasteiger partial charge in [-0.25, -0.2) is 19.8 Å². The number of ether oxygens (including phenoxy) is 6. The van der Waals surface area contributed by atoms with Crippen LogP contribution in [0.25, 0.3) is 0 Å². The average molecular weight is 1900 g/mol. The Hall–Kier alpha value is -15.5. The highest BCUT2D eigenvalue weighted by Gasteiger charge is 2.57. The van der Waals surface area contributed by atoms with Crippen LogP contribution in [0.1, 0.15) is 203 Å². The van der Waals surface area contributed by atoms with E-state index in [1.165, 1.54) is 46.0 Å². The number of hydrogen-bond acceptors (Lipinski definition) is 27. The molecule has 15 rings (SSSR count). The molecular weight excluding hydrogens is 1790 g/mol. The molecule has 36 nitrogen and oxygen atoms in total. The van der Waals surface area contributed by atoms with E-state index in [-0.39, 0.29) is 71.0 Å². The number of hydrogen-bond donors (Lipinski definition) is 14. The zero-order valence-electron chi connectivity index (χ0n) is 78.9. The van der Waals surface area contributed by atoms with E-state index in [2.05, 4.69) is 81.0 Å². The Morgan fingerprint density at radius 2 is 0.784 bits per heavy atom. The van der Waals surface area contributed by atoms with Crippen LogP contribution in [-0.2, 0) is 88.5 Å². The Labute approximate surface area is 801 Å². The second kappa shape index (κ2) is 44.1. The molecule has 0 radical (unpaired) electrons. The number of nitrogens with zero attached hydrogens (tertiary/aromatic N) is 1. The number of nitrogens with two attached hydrogens (primary N) is 1. The van der Waals surface area contributed by atoms with Gasteiger partial charge in [0.1, 0.15) is 64.7 Å². The van der Waals surface area contributed by atoms with Crippen LogP contribution >= 0.6 is 0 Å². The third-order valence-electron chi connectivity index (χ3n) is 23.9. The normalized spacial score (nSPS) is 17.0. The molecule has 3 unspecified atom stereocenters. The number of Topliss-reactive ketones (excluding diaryl/α,β-unsaturated/α-hetero) is 2. The Bertz CT molecular complexity index is 6320. The fraction of sp³-hybridized carbons (Fsp3) is 0.330. The molecule has 6 aliphatic heterocycles. The van der Waals surface area contributed by atoms with E-state index in [0.29, 0.717) is 124 Å². The van der Waals surface area contributed by atoms with Crippen molar-refractivity contribution in [3.63, 3.8) is 0 Å². The molecule has 9 atom stereocenters. The van der Waals surface area contributed by atoms with E-state index in [1.807, 2.05) is 86.6 Å². The van der Waals surface area contributed by atoms with Crippen LogP contribution in [-0.4, -0.2) is 172 Å². The van der Waals surface area contributed by atoms with Crippen LogP contribution in [0.2, 0.25) is 0 Å². The molecule has 728 valence electrons. The summed E-state index contributed by atoms with van der Waals surface area (Å²) in [7, 11) is 1.30.